The molecule has 0 aromatic heterocycles. The van der Waals surface area contributed by atoms with Gasteiger partial charge in [-0.2, -0.15) is 0 Å². The molecule has 164 valence electrons. The Morgan fingerprint density at radius 1 is 0.806 bits per heavy atom. The highest BCUT2D eigenvalue weighted by Gasteiger charge is 2.14. The Balaban J connectivity index is 1.67. The molecule has 3 aromatic rings. The van der Waals surface area contributed by atoms with Crippen molar-refractivity contribution in [2.75, 3.05) is 24.4 Å². The first-order valence-corrected chi connectivity index (χ1v) is 11.1. The summed E-state index contributed by atoms with van der Waals surface area (Å²) in [7, 11) is 1.76. The molecule has 0 radical (unpaired) electrons. The number of hydrogen-bond donors (Lipinski definition) is 2. The van der Waals surface area contributed by atoms with Crippen LogP contribution in [0.25, 0.3) is 0 Å². The number of methoxy groups -OCH3 is 1. The number of benzene rings is 3. The Hall–Kier alpha value is -2.78. The van der Waals surface area contributed by atoms with Crippen LogP contribution in [0, 0.1) is 6.92 Å². The van der Waals surface area contributed by atoms with Gasteiger partial charge >= 0.3 is 0 Å². The van der Waals surface area contributed by atoms with Crippen molar-refractivity contribution in [2.45, 2.75) is 52.1 Å². The average Bonchev–Trinajstić information content (AvgIpc) is 2.74. The van der Waals surface area contributed by atoms with Crippen molar-refractivity contribution in [1.29, 1.82) is 0 Å². The van der Waals surface area contributed by atoms with E-state index < -0.39 is 0 Å². The van der Waals surface area contributed by atoms with Gasteiger partial charge in [0.25, 0.3) is 0 Å². The largest absolute Gasteiger partial charge is 0.383 e. The van der Waals surface area contributed by atoms with Crippen molar-refractivity contribution in [1.82, 2.24) is 0 Å². The fourth-order valence-corrected chi connectivity index (χ4v) is 3.66. The maximum Gasteiger partial charge on any atom is 0.0667 e. The van der Waals surface area contributed by atoms with E-state index in [-0.39, 0.29) is 11.5 Å². The minimum atomic E-state index is 0.177. The molecule has 0 saturated heterocycles. The van der Waals surface area contributed by atoms with Crippen molar-refractivity contribution in [3.8, 4) is 0 Å². The van der Waals surface area contributed by atoms with Crippen molar-refractivity contribution in [3.63, 3.8) is 0 Å². The summed E-state index contributed by atoms with van der Waals surface area (Å²) in [6.07, 6.45) is 0.913. The minimum absolute atomic E-state index is 0.177. The predicted octanol–water partition coefficient (Wildman–Crippen LogP) is 6.57. The molecule has 31 heavy (non-hydrogen) atoms. The standard InChI is InChI=1S/C28H36N2O/c1-21-10-12-22(13-11-21)18-25(20-31-5)30-27-9-7-6-8-26(27)29-19-23-14-16-24(17-15-23)28(2,3)4/h6-17,25,29-30H,18-20H2,1-5H3. The van der Waals surface area contributed by atoms with Gasteiger partial charge in [-0.25, -0.2) is 0 Å². The second-order valence-electron chi connectivity index (χ2n) is 9.33. The summed E-state index contributed by atoms with van der Waals surface area (Å²) in [6.45, 7) is 10.3. The summed E-state index contributed by atoms with van der Waals surface area (Å²) in [5, 5.41) is 7.29. The van der Waals surface area contributed by atoms with Crippen LogP contribution in [0.4, 0.5) is 11.4 Å². The van der Waals surface area contributed by atoms with Crippen molar-refractivity contribution >= 4 is 11.4 Å². The molecule has 0 spiro atoms. The number of hydrogen-bond acceptors (Lipinski definition) is 3. The lowest BCUT2D eigenvalue weighted by atomic mass is 9.87. The number of ether oxygens (including phenoxy) is 1. The van der Waals surface area contributed by atoms with Gasteiger partial charge in [0.1, 0.15) is 0 Å². The fraction of sp³-hybridized carbons (Fsp3) is 0.357. The molecule has 0 heterocycles. The molecule has 0 amide bonds. The number of aryl methyl sites for hydroxylation is 1. The third kappa shape index (κ3) is 6.86. The van der Waals surface area contributed by atoms with Gasteiger partial charge in [0, 0.05) is 13.7 Å². The van der Waals surface area contributed by atoms with Crippen LogP contribution in [0.15, 0.2) is 72.8 Å². The van der Waals surface area contributed by atoms with Crippen LogP contribution in [-0.4, -0.2) is 19.8 Å². The first kappa shape index (κ1) is 22.9. The molecule has 0 fully saturated rings. The molecule has 3 heteroatoms. The number of para-hydroxylation sites is 2. The molecule has 3 aromatic carbocycles. The van der Waals surface area contributed by atoms with E-state index in [1.165, 1.54) is 22.3 Å². The number of rotatable bonds is 9. The molecule has 1 atom stereocenters. The lowest BCUT2D eigenvalue weighted by Gasteiger charge is -2.22. The zero-order chi connectivity index (χ0) is 22.3. The smallest absolute Gasteiger partial charge is 0.0667 e. The highest BCUT2D eigenvalue weighted by Crippen LogP contribution is 2.25. The summed E-state index contributed by atoms with van der Waals surface area (Å²) in [5.74, 6) is 0. The van der Waals surface area contributed by atoms with E-state index in [2.05, 4.69) is 111 Å². The first-order valence-electron chi connectivity index (χ1n) is 11.1. The molecule has 0 aliphatic heterocycles. The fourth-order valence-electron chi connectivity index (χ4n) is 3.66. The molecule has 1 unspecified atom stereocenters. The summed E-state index contributed by atoms with van der Waals surface area (Å²) in [4.78, 5) is 0. The van der Waals surface area contributed by atoms with Gasteiger partial charge in [-0.05, 0) is 47.6 Å². The van der Waals surface area contributed by atoms with Gasteiger partial charge in [0.15, 0.2) is 0 Å². The van der Waals surface area contributed by atoms with E-state index >= 15 is 0 Å². The van der Waals surface area contributed by atoms with Crippen LogP contribution in [0.2, 0.25) is 0 Å². The van der Waals surface area contributed by atoms with E-state index in [0.29, 0.717) is 6.61 Å². The number of anilines is 2. The second-order valence-corrected chi connectivity index (χ2v) is 9.33. The normalized spacial score (nSPS) is 12.4. The van der Waals surface area contributed by atoms with E-state index in [0.717, 1.165) is 24.3 Å². The molecule has 3 nitrogen and oxygen atoms in total. The van der Waals surface area contributed by atoms with Gasteiger partial charge in [-0.15, -0.1) is 0 Å². The summed E-state index contributed by atoms with van der Waals surface area (Å²) >= 11 is 0. The van der Waals surface area contributed by atoms with E-state index in [9.17, 15) is 0 Å². The molecule has 0 aliphatic carbocycles. The summed E-state index contributed by atoms with van der Waals surface area (Å²) < 4.78 is 5.50. The monoisotopic (exact) mass is 416 g/mol. The quantitative estimate of drug-likeness (QED) is 0.414. The van der Waals surface area contributed by atoms with Crippen molar-refractivity contribution in [2.24, 2.45) is 0 Å². The molecule has 0 bridgehead atoms. The Morgan fingerprint density at radius 3 is 2.03 bits per heavy atom. The van der Waals surface area contributed by atoms with E-state index in [1.807, 2.05) is 0 Å². The van der Waals surface area contributed by atoms with E-state index in [1.54, 1.807) is 7.11 Å². The predicted molar refractivity (Wildman–Crippen MR) is 133 cm³/mol. The van der Waals surface area contributed by atoms with Gasteiger partial charge in [-0.1, -0.05) is 87.0 Å². The third-order valence-corrected chi connectivity index (χ3v) is 5.56. The molecular weight excluding hydrogens is 380 g/mol. The molecule has 0 saturated carbocycles. The molecule has 3 rings (SSSR count). The highest BCUT2D eigenvalue weighted by molar-refractivity contribution is 5.69. The Morgan fingerprint density at radius 2 is 1.42 bits per heavy atom. The topological polar surface area (TPSA) is 33.3 Å². The summed E-state index contributed by atoms with van der Waals surface area (Å²) in [6, 6.07) is 26.2. The third-order valence-electron chi connectivity index (χ3n) is 5.56. The van der Waals surface area contributed by atoms with Crippen molar-refractivity contribution < 1.29 is 4.74 Å². The molecule has 2 N–H and O–H groups in total. The zero-order valence-electron chi connectivity index (χ0n) is 19.5. The molecule has 0 aliphatic rings. The van der Waals surface area contributed by atoms with Gasteiger partial charge in [0.2, 0.25) is 0 Å². The van der Waals surface area contributed by atoms with Crippen molar-refractivity contribution in [3.05, 3.63) is 95.1 Å². The van der Waals surface area contributed by atoms with E-state index in [4.69, 9.17) is 4.74 Å². The lowest BCUT2D eigenvalue weighted by Crippen LogP contribution is -2.28. The van der Waals surface area contributed by atoms with Gasteiger partial charge < -0.3 is 15.4 Å². The van der Waals surface area contributed by atoms with Crippen LogP contribution < -0.4 is 10.6 Å². The van der Waals surface area contributed by atoms with Crippen LogP contribution in [-0.2, 0) is 23.1 Å². The van der Waals surface area contributed by atoms with Crippen LogP contribution in [0.1, 0.15) is 43.0 Å². The Kier molecular flexibility index (Phi) is 7.75. The lowest BCUT2D eigenvalue weighted by molar-refractivity contribution is 0.185. The maximum atomic E-state index is 5.50. The van der Waals surface area contributed by atoms with Crippen LogP contribution >= 0.6 is 0 Å². The van der Waals surface area contributed by atoms with Crippen LogP contribution in [0.3, 0.4) is 0 Å². The second kappa shape index (κ2) is 10.5. The maximum absolute atomic E-state index is 5.50. The Bertz CT molecular complexity index is 940. The van der Waals surface area contributed by atoms with Gasteiger partial charge in [0.05, 0.1) is 24.0 Å². The zero-order valence-corrected chi connectivity index (χ0v) is 19.5. The summed E-state index contributed by atoms with van der Waals surface area (Å²) in [5.41, 5.74) is 7.61. The first-order chi connectivity index (χ1) is 14.8. The molecular formula is C28H36N2O. The van der Waals surface area contributed by atoms with Gasteiger partial charge in [-0.3, -0.25) is 0 Å². The average molecular weight is 417 g/mol. The minimum Gasteiger partial charge on any atom is -0.383 e. The Labute approximate surface area is 187 Å². The SMILES string of the molecule is COCC(Cc1ccc(C)cc1)Nc1ccccc1NCc1ccc(C(C)(C)C)cc1. The highest BCUT2D eigenvalue weighted by atomic mass is 16.5. The number of nitrogens with one attached hydrogen (secondary N) is 2. The van der Waals surface area contributed by atoms with Crippen LogP contribution in [0.5, 0.6) is 0 Å².